The van der Waals surface area contributed by atoms with E-state index in [4.69, 9.17) is 0 Å². The van der Waals surface area contributed by atoms with Crippen LogP contribution in [0.25, 0.3) is 0 Å². The number of rotatable bonds is 10. The van der Waals surface area contributed by atoms with E-state index in [0.717, 1.165) is 73.6 Å². The summed E-state index contributed by atoms with van der Waals surface area (Å²) < 4.78 is 0. The Morgan fingerprint density at radius 1 is 0.436 bits per heavy atom. The maximum Gasteiger partial charge on any atom is 0.124 e. The summed E-state index contributed by atoms with van der Waals surface area (Å²) in [5.41, 5.74) is 7.99. The fourth-order valence-corrected chi connectivity index (χ4v) is 10.5. The Bertz CT molecular complexity index is 1780. The molecule has 0 radical (unpaired) electrons. The van der Waals surface area contributed by atoms with Gasteiger partial charge in [0.2, 0.25) is 0 Å². The molecule has 0 spiro atoms. The summed E-state index contributed by atoms with van der Waals surface area (Å²) >= 11 is 0. The predicted octanol–water partition coefficient (Wildman–Crippen LogP) is 8.39. The molecule has 2 aliphatic carbocycles. The molecular formula is C47H60O8. The Kier molecular flexibility index (Phi) is 11.4. The van der Waals surface area contributed by atoms with Crippen LogP contribution in [0.15, 0.2) is 48.5 Å². The molecule has 8 heteroatoms. The van der Waals surface area contributed by atoms with Gasteiger partial charge in [0, 0.05) is 33.1 Å². The summed E-state index contributed by atoms with van der Waals surface area (Å²) in [5, 5.41) is 83.7. The SMILES string of the molecule is Cc1cc(C2(c3cc(C)c(O)c(CO)c3)CCC(C(C)(C)C3CCC(c4cc(C)c(O)c(CO)c4)(c4cc(C)c(O)c(CO)c4)CC3)CC2)cc(CO)c1O. The van der Waals surface area contributed by atoms with Crippen LogP contribution in [-0.4, -0.2) is 40.9 Å². The van der Waals surface area contributed by atoms with Crippen LogP contribution in [0.1, 0.15) is 132 Å². The van der Waals surface area contributed by atoms with Gasteiger partial charge in [-0.1, -0.05) is 38.1 Å². The van der Waals surface area contributed by atoms with E-state index in [0.29, 0.717) is 56.3 Å². The van der Waals surface area contributed by atoms with Gasteiger partial charge in [-0.2, -0.15) is 0 Å². The predicted molar refractivity (Wildman–Crippen MR) is 214 cm³/mol. The van der Waals surface area contributed by atoms with Crippen molar-refractivity contribution in [3.8, 4) is 23.0 Å². The third kappa shape index (κ3) is 7.01. The molecule has 296 valence electrons. The lowest BCUT2D eigenvalue weighted by Crippen LogP contribution is -2.43. The minimum atomic E-state index is -0.443. The van der Waals surface area contributed by atoms with Crippen LogP contribution < -0.4 is 0 Å². The van der Waals surface area contributed by atoms with Gasteiger partial charge in [-0.05, 0) is 165 Å². The van der Waals surface area contributed by atoms with Crippen molar-refractivity contribution in [3.63, 3.8) is 0 Å². The van der Waals surface area contributed by atoms with E-state index < -0.39 is 10.8 Å². The highest BCUT2D eigenvalue weighted by Gasteiger charge is 2.48. The van der Waals surface area contributed by atoms with Gasteiger partial charge in [0.1, 0.15) is 23.0 Å². The summed E-state index contributed by atoms with van der Waals surface area (Å²) in [6, 6.07) is 15.8. The van der Waals surface area contributed by atoms with Gasteiger partial charge in [0.25, 0.3) is 0 Å². The van der Waals surface area contributed by atoms with Crippen LogP contribution in [0.2, 0.25) is 0 Å². The lowest BCUT2D eigenvalue weighted by atomic mass is 9.53. The zero-order valence-corrected chi connectivity index (χ0v) is 33.3. The third-order valence-electron chi connectivity index (χ3n) is 14.2. The maximum atomic E-state index is 10.7. The first-order chi connectivity index (χ1) is 26.1. The van der Waals surface area contributed by atoms with Gasteiger partial charge in [0.15, 0.2) is 0 Å². The number of aliphatic hydroxyl groups excluding tert-OH is 4. The van der Waals surface area contributed by atoms with Gasteiger partial charge in [-0.3, -0.25) is 0 Å². The quantitative estimate of drug-likeness (QED) is 0.0802. The molecule has 0 atom stereocenters. The minimum Gasteiger partial charge on any atom is -0.507 e. The molecule has 2 fully saturated rings. The molecule has 2 saturated carbocycles. The average molecular weight is 753 g/mol. The number of phenols is 4. The standard InChI is InChI=1S/C47H60O8/c1-27-15-37(19-31(23-48)41(27)52)46(38-16-28(2)42(53)32(20-38)24-49)11-7-35(8-12-46)45(5,6)36-9-13-47(14-10-36,39-17-29(3)43(54)33(21-39)25-50)40-18-30(4)44(55)34(22-40)26-51/h15-22,35-36,48-55H,7-14,23-26H2,1-6H3. The first-order valence-corrected chi connectivity index (χ1v) is 19.8. The van der Waals surface area contributed by atoms with Crippen molar-refractivity contribution in [2.75, 3.05) is 0 Å². The molecule has 0 unspecified atom stereocenters. The van der Waals surface area contributed by atoms with Gasteiger partial charge in [-0.25, -0.2) is 0 Å². The highest BCUT2D eigenvalue weighted by molar-refractivity contribution is 5.54. The second-order valence-corrected chi connectivity index (χ2v) is 17.4. The largest absolute Gasteiger partial charge is 0.507 e. The monoisotopic (exact) mass is 752 g/mol. The Labute approximate surface area is 325 Å². The van der Waals surface area contributed by atoms with Crippen LogP contribution in [0.5, 0.6) is 23.0 Å². The molecule has 0 bridgehead atoms. The van der Waals surface area contributed by atoms with E-state index in [1.165, 1.54) is 0 Å². The summed E-state index contributed by atoms with van der Waals surface area (Å²) in [6.07, 6.45) is 7.11. The second-order valence-electron chi connectivity index (χ2n) is 17.4. The van der Waals surface area contributed by atoms with Crippen molar-refractivity contribution >= 4 is 0 Å². The summed E-state index contributed by atoms with van der Waals surface area (Å²) in [6.45, 7) is 11.2. The zero-order chi connectivity index (χ0) is 40.0. The molecule has 2 aliphatic rings. The van der Waals surface area contributed by atoms with E-state index in [-0.39, 0.29) is 54.8 Å². The van der Waals surface area contributed by atoms with E-state index in [1.807, 2.05) is 76.2 Å². The average Bonchev–Trinajstić information content (AvgIpc) is 3.18. The van der Waals surface area contributed by atoms with Crippen LogP contribution in [0, 0.1) is 44.9 Å². The molecule has 0 amide bonds. The minimum absolute atomic E-state index is 0.0111. The number of aromatic hydroxyl groups is 4. The molecule has 55 heavy (non-hydrogen) atoms. The van der Waals surface area contributed by atoms with Gasteiger partial charge < -0.3 is 40.9 Å². The van der Waals surface area contributed by atoms with Crippen LogP contribution >= 0.6 is 0 Å². The highest BCUT2D eigenvalue weighted by atomic mass is 16.3. The highest BCUT2D eigenvalue weighted by Crippen LogP contribution is 2.58. The van der Waals surface area contributed by atoms with Crippen LogP contribution in [-0.2, 0) is 37.3 Å². The number of hydrogen-bond acceptors (Lipinski definition) is 8. The maximum absolute atomic E-state index is 10.7. The molecule has 6 rings (SSSR count). The topological polar surface area (TPSA) is 162 Å². The molecule has 0 heterocycles. The van der Waals surface area contributed by atoms with Gasteiger partial charge in [-0.15, -0.1) is 0 Å². The lowest BCUT2D eigenvalue weighted by Gasteiger charge is -2.52. The van der Waals surface area contributed by atoms with Gasteiger partial charge >= 0.3 is 0 Å². The van der Waals surface area contributed by atoms with Crippen molar-refractivity contribution in [3.05, 3.63) is 115 Å². The summed E-state index contributed by atoms with van der Waals surface area (Å²) in [7, 11) is 0. The van der Waals surface area contributed by atoms with Crippen LogP contribution in [0.3, 0.4) is 0 Å². The number of aliphatic hydroxyl groups is 4. The first kappa shape index (κ1) is 40.6. The normalized spacial score (nSPS) is 17.8. The number of aryl methyl sites for hydroxylation is 4. The molecule has 4 aromatic carbocycles. The molecule has 8 N–H and O–H groups in total. The zero-order valence-electron chi connectivity index (χ0n) is 33.3. The van der Waals surface area contributed by atoms with Crippen LogP contribution in [0.4, 0.5) is 0 Å². The van der Waals surface area contributed by atoms with Crippen molar-refractivity contribution in [2.45, 2.75) is 130 Å². The Hall–Kier alpha value is -4.08. The molecular weight excluding hydrogens is 693 g/mol. The third-order valence-corrected chi connectivity index (χ3v) is 14.2. The molecule has 0 aliphatic heterocycles. The lowest BCUT2D eigenvalue weighted by molar-refractivity contribution is 0.0364. The van der Waals surface area contributed by atoms with E-state index >= 15 is 0 Å². The molecule has 4 aromatic rings. The second kappa shape index (κ2) is 15.5. The Morgan fingerprint density at radius 3 is 0.855 bits per heavy atom. The number of benzene rings is 4. The molecule has 0 saturated heterocycles. The first-order valence-electron chi connectivity index (χ1n) is 19.8. The van der Waals surface area contributed by atoms with E-state index in [2.05, 4.69) is 13.8 Å². The van der Waals surface area contributed by atoms with Crippen molar-refractivity contribution in [2.24, 2.45) is 17.3 Å². The molecule has 0 aromatic heterocycles. The van der Waals surface area contributed by atoms with E-state index in [9.17, 15) is 40.9 Å². The smallest absolute Gasteiger partial charge is 0.124 e. The fraction of sp³-hybridized carbons (Fsp3) is 0.489. The van der Waals surface area contributed by atoms with Crippen molar-refractivity contribution < 1.29 is 40.9 Å². The summed E-state index contributed by atoms with van der Waals surface area (Å²) in [4.78, 5) is 0. The Morgan fingerprint density at radius 2 is 0.655 bits per heavy atom. The van der Waals surface area contributed by atoms with Crippen molar-refractivity contribution in [1.82, 2.24) is 0 Å². The molecule has 8 nitrogen and oxygen atoms in total. The van der Waals surface area contributed by atoms with E-state index in [1.54, 1.807) is 0 Å². The van der Waals surface area contributed by atoms with Crippen molar-refractivity contribution in [1.29, 1.82) is 0 Å². The fourth-order valence-electron chi connectivity index (χ4n) is 10.5. The Balaban J connectivity index is 1.33. The van der Waals surface area contributed by atoms with Gasteiger partial charge in [0.05, 0.1) is 26.4 Å². The summed E-state index contributed by atoms with van der Waals surface area (Å²) in [5.74, 6) is 1.25. The number of hydrogen-bond donors (Lipinski definition) is 8.